The van der Waals surface area contributed by atoms with E-state index in [-0.39, 0.29) is 24.2 Å². The Morgan fingerprint density at radius 3 is 2.67 bits per heavy atom. The molecule has 1 aromatic carbocycles. The highest BCUT2D eigenvalue weighted by Crippen LogP contribution is 2.24. The monoisotopic (exact) mass is 366 g/mol. The van der Waals surface area contributed by atoms with Gasteiger partial charge in [0.25, 0.3) is 5.91 Å². The summed E-state index contributed by atoms with van der Waals surface area (Å²) >= 11 is 0. The van der Waals surface area contributed by atoms with Gasteiger partial charge in [-0.25, -0.2) is 9.97 Å². The van der Waals surface area contributed by atoms with E-state index in [9.17, 15) is 4.79 Å². The van der Waals surface area contributed by atoms with Gasteiger partial charge < -0.3 is 14.2 Å². The predicted octanol–water partition coefficient (Wildman–Crippen LogP) is 3.49. The molecule has 2 heterocycles. The maximum absolute atomic E-state index is 12.7. The SMILES string of the molecule is Cc1cccc(C)c1OCc1cc(C(=O)N(C)[C@@H](C)c2ccncn2)no1. The molecule has 0 spiro atoms. The fourth-order valence-electron chi connectivity index (χ4n) is 2.75. The van der Waals surface area contributed by atoms with Gasteiger partial charge in [0.1, 0.15) is 18.7 Å². The lowest BCUT2D eigenvalue weighted by Crippen LogP contribution is -2.30. The maximum Gasteiger partial charge on any atom is 0.276 e. The molecule has 7 heteroatoms. The highest BCUT2D eigenvalue weighted by Gasteiger charge is 2.23. The number of hydrogen-bond acceptors (Lipinski definition) is 6. The summed E-state index contributed by atoms with van der Waals surface area (Å²) in [6.07, 6.45) is 3.11. The third kappa shape index (κ3) is 4.13. The van der Waals surface area contributed by atoms with Gasteiger partial charge in [-0.3, -0.25) is 4.79 Å². The van der Waals surface area contributed by atoms with E-state index in [1.807, 2.05) is 39.0 Å². The zero-order valence-electron chi connectivity index (χ0n) is 15.8. The quantitative estimate of drug-likeness (QED) is 0.664. The van der Waals surface area contributed by atoms with Crippen LogP contribution < -0.4 is 4.74 Å². The fraction of sp³-hybridized carbons (Fsp3) is 0.300. The second-order valence-electron chi connectivity index (χ2n) is 6.41. The molecule has 0 aliphatic carbocycles. The van der Waals surface area contributed by atoms with Gasteiger partial charge in [0.05, 0.1) is 11.7 Å². The van der Waals surface area contributed by atoms with Gasteiger partial charge in [0, 0.05) is 19.3 Å². The largest absolute Gasteiger partial charge is 0.485 e. The number of carbonyl (C=O) groups is 1. The van der Waals surface area contributed by atoms with Crippen molar-refractivity contribution in [3.63, 3.8) is 0 Å². The van der Waals surface area contributed by atoms with Crippen molar-refractivity contribution in [2.24, 2.45) is 0 Å². The molecular formula is C20H22N4O3. The van der Waals surface area contributed by atoms with Crippen molar-refractivity contribution in [3.8, 4) is 5.75 Å². The predicted molar refractivity (Wildman–Crippen MR) is 99.3 cm³/mol. The van der Waals surface area contributed by atoms with Gasteiger partial charge in [0.15, 0.2) is 11.5 Å². The Hall–Kier alpha value is -3.22. The lowest BCUT2D eigenvalue weighted by atomic mass is 10.1. The van der Waals surface area contributed by atoms with Gasteiger partial charge in [-0.1, -0.05) is 23.4 Å². The molecule has 0 unspecified atom stereocenters. The van der Waals surface area contributed by atoms with Crippen LogP contribution in [-0.2, 0) is 6.61 Å². The van der Waals surface area contributed by atoms with Crippen LogP contribution in [0.3, 0.4) is 0 Å². The third-order valence-corrected chi connectivity index (χ3v) is 4.48. The van der Waals surface area contributed by atoms with Crippen LogP contribution in [0.2, 0.25) is 0 Å². The lowest BCUT2D eigenvalue weighted by Gasteiger charge is -2.23. The average molecular weight is 366 g/mol. The van der Waals surface area contributed by atoms with E-state index in [1.165, 1.54) is 6.33 Å². The second-order valence-corrected chi connectivity index (χ2v) is 6.41. The Morgan fingerprint density at radius 1 is 1.26 bits per heavy atom. The minimum absolute atomic E-state index is 0.206. The Kier molecular flexibility index (Phi) is 5.49. The summed E-state index contributed by atoms with van der Waals surface area (Å²) in [6.45, 7) is 6.07. The van der Waals surface area contributed by atoms with Gasteiger partial charge in [-0.2, -0.15) is 0 Å². The number of hydrogen-bond donors (Lipinski definition) is 0. The molecule has 2 aromatic heterocycles. The molecule has 27 heavy (non-hydrogen) atoms. The molecule has 140 valence electrons. The average Bonchev–Trinajstić information content (AvgIpc) is 3.15. The molecule has 3 aromatic rings. The van der Waals surface area contributed by atoms with E-state index in [1.54, 1.807) is 30.3 Å². The fourth-order valence-corrected chi connectivity index (χ4v) is 2.75. The minimum Gasteiger partial charge on any atom is -0.485 e. The van der Waals surface area contributed by atoms with Gasteiger partial charge in [0.2, 0.25) is 0 Å². The van der Waals surface area contributed by atoms with E-state index < -0.39 is 0 Å². The van der Waals surface area contributed by atoms with Crippen molar-refractivity contribution in [1.29, 1.82) is 0 Å². The van der Waals surface area contributed by atoms with Crippen LogP contribution in [0.25, 0.3) is 0 Å². The Labute approximate surface area is 158 Å². The van der Waals surface area contributed by atoms with Crippen molar-refractivity contribution in [3.05, 3.63) is 71.1 Å². The summed E-state index contributed by atoms with van der Waals surface area (Å²) < 4.78 is 11.1. The zero-order chi connectivity index (χ0) is 19.4. The molecule has 1 amide bonds. The minimum atomic E-state index is -0.247. The first kappa shape index (κ1) is 18.6. The Bertz CT molecular complexity index is 904. The molecule has 0 saturated heterocycles. The summed E-state index contributed by atoms with van der Waals surface area (Å²) in [4.78, 5) is 22.3. The number of rotatable bonds is 6. The first-order valence-electron chi connectivity index (χ1n) is 8.65. The van der Waals surface area contributed by atoms with Crippen LogP contribution in [0.15, 0.2) is 47.4 Å². The van der Waals surface area contributed by atoms with Crippen molar-refractivity contribution in [2.75, 3.05) is 7.05 Å². The van der Waals surface area contributed by atoms with Crippen LogP contribution in [0.4, 0.5) is 0 Å². The van der Waals surface area contributed by atoms with Crippen molar-refractivity contribution < 1.29 is 14.1 Å². The summed E-state index contributed by atoms with van der Waals surface area (Å²) in [7, 11) is 1.71. The number of nitrogens with zero attached hydrogens (tertiary/aromatic N) is 4. The summed E-state index contributed by atoms with van der Waals surface area (Å²) in [5.74, 6) is 1.06. The zero-order valence-corrected chi connectivity index (χ0v) is 15.8. The second kappa shape index (κ2) is 7.99. The highest BCUT2D eigenvalue weighted by molar-refractivity contribution is 5.92. The number of para-hydroxylation sites is 1. The van der Waals surface area contributed by atoms with Crippen LogP contribution in [0, 0.1) is 13.8 Å². The molecule has 7 nitrogen and oxygen atoms in total. The molecule has 3 rings (SSSR count). The van der Waals surface area contributed by atoms with Crippen molar-refractivity contribution in [2.45, 2.75) is 33.4 Å². The molecule has 1 atom stereocenters. The highest BCUT2D eigenvalue weighted by atomic mass is 16.5. The molecule has 0 bridgehead atoms. The van der Waals surface area contributed by atoms with E-state index in [0.29, 0.717) is 5.76 Å². The number of amides is 1. The van der Waals surface area contributed by atoms with Gasteiger partial charge in [-0.15, -0.1) is 0 Å². The molecule has 0 aliphatic heterocycles. The van der Waals surface area contributed by atoms with Crippen LogP contribution in [0.5, 0.6) is 5.75 Å². The molecule has 0 radical (unpaired) electrons. The molecule has 0 N–H and O–H groups in total. The third-order valence-electron chi connectivity index (χ3n) is 4.48. The Morgan fingerprint density at radius 2 is 2.00 bits per heavy atom. The van der Waals surface area contributed by atoms with Crippen molar-refractivity contribution in [1.82, 2.24) is 20.0 Å². The van der Waals surface area contributed by atoms with E-state index in [4.69, 9.17) is 9.26 Å². The first-order valence-corrected chi connectivity index (χ1v) is 8.65. The van der Waals surface area contributed by atoms with E-state index in [0.717, 1.165) is 22.6 Å². The van der Waals surface area contributed by atoms with Crippen molar-refractivity contribution >= 4 is 5.91 Å². The standard InChI is InChI=1S/C20H22N4O3/c1-13-6-5-7-14(2)19(13)26-11-16-10-18(23-27-16)20(25)24(4)15(3)17-8-9-21-12-22-17/h5-10,12,15H,11H2,1-4H3/t15-/m0/s1. The van der Waals surface area contributed by atoms with Crippen LogP contribution in [0.1, 0.15) is 46.0 Å². The molecule has 0 saturated carbocycles. The normalized spacial score (nSPS) is 11.9. The Balaban J connectivity index is 1.67. The smallest absolute Gasteiger partial charge is 0.276 e. The number of benzene rings is 1. The molecular weight excluding hydrogens is 344 g/mol. The topological polar surface area (TPSA) is 81.4 Å². The van der Waals surface area contributed by atoms with E-state index >= 15 is 0 Å². The number of aryl methyl sites for hydroxylation is 2. The number of aromatic nitrogens is 3. The van der Waals surface area contributed by atoms with Gasteiger partial charge >= 0.3 is 0 Å². The number of ether oxygens (including phenoxy) is 1. The molecule has 0 fully saturated rings. The van der Waals surface area contributed by atoms with Crippen LogP contribution in [-0.4, -0.2) is 33.0 Å². The maximum atomic E-state index is 12.7. The summed E-state index contributed by atoms with van der Waals surface area (Å²) in [5, 5.41) is 3.89. The van der Waals surface area contributed by atoms with Gasteiger partial charge in [-0.05, 0) is 38.0 Å². The lowest BCUT2D eigenvalue weighted by molar-refractivity contribution is 0.0729. The summed E-state index contributed by atoms with van der Waals surface area (Å²) in [5.41, 5.74) is 3.08. The number of carbonyl (C=O) groups excluding carboxylic acids is 1. The van der Waals surface area contributed by atoms with Crippen LogP contribution >= 0.6 is 0 Å². The summed E-state index contributed by atoms with van der Waals surface area (Å²) in [6, 6.07) is 9.13. The van der Waals surface area contributed by atoms with E-state index in [2.05, 4.69) is 15.1 Å². The molecule has 0 aliphatic rings. The first-order chi connectivity index (χ1) is 13.0.